The molecule has 0 heterocycles. The lowest BCUT2D eigenvalue weighted by Crippen LogP contribution is -2.30. The molecule has 142 valence electrons. The number of nitro groups is 1. The second-order valence-corrected chi connectivity index (χ2v) is 6.98. The third kappa shape index (κ3) is 5.33. The Bertz CT molecular complexity index is 987. The van der Waals surface area contributed by atoms with Gasteiger partial charge < -0.3 is 10.1 Å². The van der Waals surface area contributed by atoms with Gasteiger partial charge in [-0.2, -0.15) is 0 Å². The standard InChI is InChI=1S/C16H15N3O7S/c1-10(26-16(21)11-3-2-4-13(9-11)19(22)23)15(20)18-12-5-7-14(8-6-12)27(17,24)25/h2-10H,1H3,(H,18,20)(H2,17,24,25)/t10-/m1/s1. The minimum Gasteiger partial charge on any atom is -0.449 e. The van der Waals surface area contributed by atoms with E-state index in [0.29, 0.717) is 0 Å². The van der Waals surface area contributed by atoms with Crippen LogP contribution in [0.1, 0.15) is 17.3 Å². The molecule has 0 aromatic heterocycles. The summed E-state index contributed by atoms with van der Waals surface area (Å²) in [6, 6.07) is 9.99. The van der Waals surface area contributed by atoms with Gasteiger partial charge in [-0.1, -0.05) is 6.07 Å². The van der Waals surface area contributed by atoms with Crippen molar-refractivity contribution in [1.29, 1.82) is 0 Å². The number of nitrogens with two attached hydrogens (primary N) is 1. The van der Waals surface area contributed by atoms with E-state index in [0.717, 1.165) is 6.07 Å². The highest BCUT2D eigenvalue weighted by molar-refractivity contribution is 7.89. The van der Waals surface area contributed by atoms with E-state index in [1.165, 1.54) is 49.4 Å². The van der Waals surface area contributed by atoms with E-state index in [1.54, 1.807) is 0 Å². The van der Waals surface area contributed by atoms with Gasteiger partial charge in [0.1, 0.15) is 0 Å². The first-order valence-electron chi connectivity index (χ1n) is 7.47. The molecule has 1 amide bonds. The number of ether oxygens (including phenoxy) is 1. The van der Waals surface area contributed by atoms with Crippen molar-refractivity contribution in [1.82, 2.24) is 0 Å². The molecule has 2 aromatic rings. The Balaban J connectivity index is 2.02. The van der Waals surface area contributed by atoms with Crippen LogP contribution in [0.15, 0.2) is 53.4 Å². The normalized spacial score (nSPS) is 12.1. The Morgan fingerprint density at radius 3 is 2.37 bits per heavy atom. The molecule has 0 unspecified atom stereocenters. The fourth-order valence-electron chi connectivity index (χ4n) is 2.00. The molecular formula is C16H15N3O7S. The smallest absolute Gasteiger partial charge is 0.339 e. The fourth-order valence-corrected chi connectivity index (χ4v) is 2.52. The molecular weight excluding hydrogens is 378 g/mol. The van der Waals surface area contributed by atoms with Gasteiger partial charge in [0.25, 0.3) is 11.6 Å². The molecule has 1 atom stereocenters. The fraction of sp³-hybridized carbons (Fsp3) is 0.125. The summed E-state index contributed by atoms with van der Waals surface area (Å²) in [7, 11) is -3.85. The number of nitro benzene ring substituents is 1. The molecule has 0 fully saturated rings. The molecule has 0 aliphatic carbocycles. The third-order valence-corrected chi connectivity index (χ3v) is 4.33. The lowest BCUT2D eigenvalue weighted by molar-refractivity contribution is -0.384. The van der Waals surface area contributed by atoms with Crippen LogP contribution in [0.3, 0.4) is 0 Å². The van der Waals surface area contributed by atoms with Crippen molar-refractivity contribution in [2.75, 3.05) is 5.32 Å². The van der Waals surface area contributed by atoms with Crippen LogP contribution >= 0.6 is 0 Å². The van der Waals surface area contributed by atoms with Crippen molar-refractivity contribution in [2.45, 2.75) is 17.9 Å². The lowest BCUT2D eigenvalue weighted by Gasteiger charge is -2.13. The number of carbonyl (C=O) groups excluding carboxylic acids is 2. The molecule has 0 spiro atoms. The van der Waals surface area contributed by atoms with Crippen LogP contribution in [0.25, 0.3) is 0 Å². The monoisotopic (exact) mass is 393 g/mol. The second kappa shape index (κ2) is 7.93. The zero-order chi connectivity index (χ0) is 20.2. The van der Waals surface area contributed by atoms with Gasteiger partial charge in [-0.15, -0.1) is 0 Å². The number of anilines is 1. The van der Waals surface area contributed by atoms with Crippen LogP contribution in [0.2, 0.25) is 0 Å². The summed E-state index contributed by atoms with van der Waals surface area (Å²) in [5.74, 6) is -1.57. The molecule has 10 nitrogen and oxygen atoms in total. The van der Waals surface area contributed by atoms with E-state index in [4.69, 9.17) is 9.88 Å². The number of hydrogen-bond acceptors (Lipinski definition) is 7. The highest BCUT2D eigenvalue weighted by Gasteiger charge is 2.20. The number of esters is 1. The van der Waals surface area contributed by atoms with E-state index in [9.17, 15) is 28.1 Å². The zero-order valence-electron chi connectivity index (χ0n) is 14.0. The number of primary sulfonamides is 1. The minimum absolute atomic E-state index is 0.0682. The summed E-state index contributed by atoms with van der Waals surface area (Å²) < 4.78 is 27.4. The van der Waals surface area contributed by atoms with Crippen LogP contribution in [-0.2, 0) is 19.6 Å². The molecule has 0 saturated heterocycles. The van der Waals surface area contributed by atoms with E-state index in [1.807, 2.05) is 0 Å². The molecule has 0 aliphatic rings. The Morgan fingerprint density at radius 1 is 1.19 bits per heavy atom. The van der Waals surface area contributed by atoms with Crippen LogP contribution < -0.4 is 10.5 Å². The van der Waals surface area contributed by atoms with E-state index in [-0.39, 0.29) is 21.8 Å². The van der Waals surface area contributed by atoms with Crippen LogP contribution in [0.5, 0.6) is 0 Å². The van der Waals surface area contributed by atoms with Gasteiger partial charge in [-0.3, -0.25) is 14.9 Å². The average Bonchev–Trinajstić information content (AvgIpc) is 2.61. The number of hydrogen-bond donors (Lipinski definition) is 2. The third-order valence-electron chi connectivity index (χ3n) is 3.40. The van der Waals surface area contributed by atoms with Crippen molar-refractivity contribution >= 4 is 33.3 Å². The van der Waals surface area contributed by atoms with Gasteiger partial charge in [-0.05, 0) is 37.3 Å². The second-order valence-electron chi connectivity index (χ2n) is 5.41. The highest BCUT2D eigenvalue weighted by atomic mass is 32.2. The maximum Gasteiger partial charge on any atom is 0.339 e. The van der Waals surface area contributed by atoms with Gasteiger partial charge in [0, 0.05) is 17.8 Å². The van der Waals surface area contributed by atoms with Gasteiger partial charge in [0.2, 0.25) is 10.0 Å². The maximum absolute atomic E-state index is 12.1. The van der Waals surface area contributed by atoms with Gasteiger partial charge in [-0.25, -0.2) is 18.4 Å². The number of sulfonamides is 1. The Labute approximate surface area is 154 Å². The summed E-state index contributed by atoms with van der Waals surface area (Å²) >= 11 is 0. The molecule has 0 saturated carbocycles. The number of non-ortho nitro benzene ring substituents is 1. The van der Waals surface area contributed by atoms with Gasteiger partial charge in [0.05, 0.1) is 15.4 Å². The summed E-state index contributed by atoms with van der Waals surface area (Å²) in [6.07, 6.45) is -1.20. The number of carbonyl (C=O) groups is 2. The molecule has 11 heteroatoms. The highest BCUT2D eigenvalue weighted by Crippen LogP contribution is 2.16. The number of rotatable bonds is 6. The van der Waals surface area contributed by atoms with Crippen LogP contribution in [0.4, 0.5) is 11.4 Å². The molecule has 0 aliphatic heterocycles. The average molecular weight is 393 g/mol. The van der Waals surface area contributed by atoms with E-state index >= 15 is 0 Å². The van der Waals surface area contributed by atoms with Crippen molar-refractivity contribution < 1.29 is 27.7 Å². The van der Waals surface area contributed by atoms with E-state index in [2.05, 4.69) is 5.32 Å². The molecule has 2 aromatic carbocycles. The maximum atomic E-state index is 12.1. The summed E-state index contributed by atoms with van der Waals surface area (Å²) in [5.41, 5.74) is -0.0801. The van der Waals surface area contributed by atoms with Crippen LogP contribution in [-0.4, -0.2) is 31.3 Å². The first kappa shape index (κ1) is 20.0. The summed E-state index contributed by atoms with van der Waals surface area (Å²) in [5, 5.41) is 18.2. The number of nitrogens with zero attached hydrogens (tertiary/aromatic N) is 1. The van der Waals surface area contributed by atoms with Crippen molar-refractivity contribution in [3.05, 3.63) is 64.2 Å². The molecule has 3 N–H and O–H groups in total. The van der Waals surface area contributed by atoms with Crippen LogP contribution in [0, 0.1) is 10.1 Å². The molecule has 27 heavy (non-hydrogen) atoms. The lowest BCUT2D eigenvalue weighted by atomic mass is 10.2. The predicted molar refractivity (Wildman–Crippen MR) is 94.4 cm³/mol. The van der Waals surface area contributed by atoms with Gasteiger partial charge in [0.15, 0.2) is 6.10 Å². The Kier molecular flexibility index (Phi) is 5.88. The number of benzene rings is 2. The minimum atomic E-state index is -3.85. The quantitative estimate of drug-likeness (QED) is 0.426. The molecule has 0 radical (unpaired) electrons. The Hall–Kier alpha value is -3.31. The zero-order valence-corrected chi connectivity index (χ0v) is 14.8. The Morgan fingerprint density at radius 2 is 1.81 bits per heavy atom. The van der Waals surface area contributed by atoms with Crippen molar-refractivity contribution in [2.24, 2.45) is 5.14 Å². The van der Waals surface area contributed by atoms with E-state index < -0.39 is 32.9 Å². The number of amides is 1. The largest absolute Gasteiger partial charge is 0.449 e. The summed E-state index contributed by atoms with van der Waals surface area (Å²) in [4.78, 5) is 34.1. The first-order chi connectivity index (χ1) is 12.6. The molecule has 0 bridgehead atoms. The predicted octanol–water partition coefficient (Wildman–Crippen LogP) is 1.43. The first-order valence-corrected chi connectivity index (χ1v) is 9.02. The van der Waals surface area contributed by atoms with Gasteiger partial charge >= 0.3 is 5.97 Å². The summed E-state index contributed by atoms with van der Waals surface area (Å²) in [6.45, 7) is 1.32. The van der Waals surface area contributed by atoms with Crippen molar-refractivity contribution in [3.8, 4) is 0 Å². The van der Waals surface area contributed by atoms with Crippen molar-refractivity contribution in [3.63, 3.8) is 0 Å². The SMILES string of the molecule is C[C@@H](OC(=O)c1cccc([N+](=O)[O-])c1)C(=O)Nc1ccc(S(N)(=O)=O)cc1. The molecule has 2 rings (SSSR count). The number of nitrogens with one attached hydrogen (secondary N) is 1. The topological polar surface area (TPSA) is 159 Å².